The Morgan fingerprint density at radius 2 is 1.76 bits per heavy atom. The van der Waals surface area contributed by atoms with Gasteiger partial charge in [-0.15, -0.1) is 10.2 Å². The topological polar surface area (TPSA) is 102 Å². The zero-order chi connectivity index (χ0) is 29.9. The first-order valence-electron chi connectivity index (χ1n) is 13.6. The van der Waals surface area contributed by atoms with Gasteiger partial charge in [-0.2, -0.15) is 18.0 Å². The van der Waals surface area contributed by atoms with Crippen LogP contribution in [0.3, 0.4) is 0 Å². The standard InChI is InChI=1S/C27H34ClF3N8O2/c1-6-21-11-23(12-22(7-2)39(21)26(40)41-16(3)4)38(15-17-8-19(27(29,30)31)10-20(28)9-17)25-32-13-18(14-33-25)24-34-36-37(5)35-24/h8-10,13-14,16,21-23H,6-7,11-12,15H2,1-5H3/t21-,22+,23+. The van der Waals surface area contributed by atoms with E-state index in [2.05, 4.69) is 25.4 Å². The largest absolute Gasteiger partial charge is 0.447 e. The van der Waals surface area contributed by atoms with Gasteiger partial charge in [0.1, 0.15) is 0 Å². The fraction of sp³-hybridized carbons (Fsp3) is 0.556. The van der Waals surface area contributed by atoms with Gasteiger partial charge in [-0.05, 0) is 68.5 Å². The molecule has 41 heavy (non-hydrogen) atoms. The van der Waals surface area contributed by atoms with E-state index in [1.807, 2.05) is 37.5 Å². The maximum Gasteiger partial charge on any atom is 0.416 e. The molecular weight excluding hydrogens is 561 g/mol. The number of alkyl halides is 3. The summed E-state index contributed by atoms with van der Waals surface area (Å²) in [4.78, 5) is 27.2. The van der Waals surface area contributed by atoms with Crippen LogP contribution in [0.25, 0.3) is 11.4 Å². The maximum atomic E-state index is 13.6. The summed E-state index contributed by atoms with van der Waals surface area (Å²) in [5.41, 5.74) is 0.0953. The molecule has 1 fully saturated rings. The molecular formula is C27H34ClF3N8O2. The Hall–Kier alpha value is -3.48. The Morgan fingerprint density at radius 3 is 2.27 bits per heavy atom. The molecule has 0 bridgehead atoms. The summed E-state index contributed by atoms with van der Waals surface area (Å²) < 4.78 is 46.4. The third kappa shape index (κ3) is 7.24. The van der Waals surface area contributed by atoms with Crippen molar-refractivity contribution < 1.29 is 22.7 Å². The highest BCUT2D eigenvalue weighted by atomic mass is 35.5. The van der Waals surface area contributed by atoms with Gasteiger partial charge in [0.15, 0.2) is 0 Å². The van der Waals surface area contributed by atoms with E-state index in [4.69, 9.17) is 16.3 Å². The summed E-state index contributed by atoms with van der Waals surface area (Å²) in [6.07, 6.45) is 0.453. The zero-order valence-corrected chi connectivity index (χ0v) is 24.4. The lowest BCUT2D eigenvalue weighted by Gasteiger charge is -2.47. The second-order valence-electron chi connectivity index (χ2n) is 10.4. The van der Waals surface area contributed by atoms with Crippen LogP contribution in [0.4, 0.5) is 23.9 Å². The van der Waals surface area contributed by atoms with Crippen LogP contribution in [0, 0.1) is 0 Å². The van der Waals surface area contributed by atoms with Crippen molar-refractivity contribution in [3.05, 3.63) is 46.7 Å². The first-order chi connectivity index (χ1) is 19.4. The van der Waals surface area contributed by atoms with E-state index >= 15 is 0 Å². The predicted octanol–water partition coefficient (Wildman–Crippen LogP) is 5.91. The fourth-order valence-electron chi connectivity index (χ4n) is 5.24. The van der Waals surface area contributed by atoms with E-state index in [0.717, 1.165) is 12.1 Å². The molecule has 0 spiro atoms. The number of nitrogens with zero attached hydrogens (tertiary/aromatic N) is 8. The quantitative estimate of drug-likeness (QED) is 0.317. The van der Waals surface area contributed by atoms with E-state index in [-0.39, 0.29) is 41.9 Å². The molecule has 3 atom stereocenters. The Labute approximate surface area is 241 Å². The van der Waals surface area contributed by atoms with Crippen molar-refractivity contribution in [3.63, 3.8) is 0 Å². The lowest BCUT2D eigenvalue weighted by atomic mass is 9.87. The molecule has 2 aromatic heterocycles. The van der Waals surface area contributed by atoms with Gasteiger partial charge < -0.3 is 14.5 Å². The lowest BCUT2D eigenvalue weighted by molar-refractivity contribution is -0.137. The fourth-order valence-corrected chi connectivity index (χ4v) is 5.50. The SMILES string of the molecule is CC[C@@H]1C[C@H](N(Cc2cc(Cl)cc(C(F)(F)F)c2)c2ncc(-c3nnn(C)n3)cn2)C[C@H](CC)N1C(=O)OC(C)C. The molecule has 222 valence electrons. The van der Waals surface area contributed by atoms with Crippen molar-refractivity contribution in [2.75, 3.05) is 4.90 Å². The molecule has 0 N–H and O–H groups in total. The molecule has 0 radical (unpaired) electrons. The number of hydrogen-bond donors (Lipinski definition) is 0. The minimum Gasteiger partial charge on any atom is -0.447 e. The van der Waals surface area contributed by atoms with Crippen molar-refractivity contribution in [3.8, 4) is 11.4 Å². The van der Waals surface area contributed by atoms with E-state index in [1.54, 1.807) is 19.4 Å². The number of carbonyl (C=O) groups is 1. The average molecular weight is 595 g/mol. The van der Waals surface area contributed by atoms with Gasteiger partial charge in [0.2, 0.25) is 11.8 Å². The number of aromatic nitrogens is 6. The van der Waals surface area contributed by atoms with Crippen molar-refractivity contribution in [1.82, 2.24) is 35.1 Å². The van der Waals surface area contributed by atoms with E-state index in [1.165, 1.54) is 10.9 Å². The number of benzene rings is 1. The normalized spacial score (nSPS) is 19.5. The van der Waals surface area contributed by atoms with Crippen LogP contribution in [0.2, 0.25) is 5.02 Å². The van der Waals surface area contributed by atoms with Crippen LogP contribution < -0.4 is 4.90 Å². The predicted molar refractivity (Wildman–Crippen MR) is 147 cm³/mol. The molecule has 14 heteroatoms. The minimum absolute atomic E-state index is 0.0103. The number of likely N-dealkylation sites (tertiary alicyclic amines) is 1. The van der Waals surface area contributed by atoms with E-state index < -0.39 is 11.7 Å². The molecule has 1 aliphatic heterocycles. The number of hydrogen-bond acceptors (Lipinski definition) is 8. The number of carbonyl (C=O) groups excluding carboxylic acids is 1. The zero-order valence-electron chi connectivity index (χ0n) is 23.6. The molecule has 3 heterocycles. The first kappa shape index (κ1) is 30.5. The number of anilines is 1. The van der Waals surface area contributed by atoms with E-state index in [0.29, 0.717) is 48.6 Å². The number of aryl methyl sites for hydroxylation is 1. The number of amides is 1. The van der Waals surface area contributed by atoms with Gasteiger partial charge >= 0.3 is 12.3 Å². The minimum atomic E-state index is -4.55. The van der Waals surface area contributed by atoms with Crippen LogP contribution in [0.1, 0.15) is 64.5 Å². The van der Waals surface area contributed by atoms with E-state index in [9.17, 15) is 18.0 Å². The molecule has 0 saturated carbocycles. The number of piperidine rings is 1. The second kappa shape index (κ2) is 12.6. The smallest absolute Gasteiger partial charge is 0.416 e. The van der Waals surface area contributed by atoms with Gasteiger partial charge in [0.05, 0.1) is 24.3 Å². The highest BCUT2D eigenvalue weighted by Crippen LogP contribution is 2.36. The van der Waals surface area contributed by atoms with Gasteiger partial charge in [-0.25, -0.2) is 14.8 Å². The van der Waals surface area contributed by atoms with Crippen LogP contribution >= 0.6 is 11.6 Å². The molecule has 1 amide bonds. The summed E-state index contributed by atoms with van der Waals surface area (Å²) in [5.74, 6) is 0.684. The van der Waals surface area contributed by atoms with Crippen molar-refractivity contribution in [2.24, 2.45) is 7.05 Å². The summed E-state index contributed by atoms with van der Waals surface area (Å²) in [7, 11) is 1.64. The second-order valence-corrected chi connectivity index (χ2v) is 10.9. The van der Waals surface area contributed by atoms with Gasteiger partial charge in [-0.1, -0.05) is 25.4 Å². The maximum absolute atomic E-state index is 13.6. The molecule has 1 aliphatic rings. The third-order valence-corrected chi connectivity index (χ3v) is 7.32. The number of rotatable bonds is 8. The first-order valence-corrected chi connectivity index (χ1v) is 14.0. The van der Waals surface area contributed by atoms with Crippen molar-refractivity contribution in [1.29, 1.82) is 0 Å². The van der Waals surface area contributed by atoms with Crippen LogP contribution in [-0.4, -0.2) is 65.4 Å². The molecule has 10 nitrogen and oxygen atoms in total. The van der Waals surface area contributed by atoms with Gasteiger partial charge in [-0.3, -0.25) is 0 Å². The Morgan fingerprint density at radius 1 is 1.12 bits per heavy atom. The van der Waals surface area contributed by atoms with Gasteiger partial charge in [0, 0.05) is 42.1 Å². The summed E-state index contributed by atoms with van der Waals surface area (Å²) in [6, 6.07) is 3.07. The number of ether oxygens (including phenoxy) is 1. The molecule has 1 aromatic carbocycles. The number of halogens is 4. The monoisotopic (exact) mass is 594 g/mol. The summed E-state index contributed by atoms with van der Waals surface area (Å²) in [6.45, 7) is 7.72. The highest BCUT2D eigenvalue weighted by molar-refractivity contribution is 6.30. The van der Waals surface area contributed by atoms with Crippen LogP contribution in [0.5, 0.6) is 0 Å². The Balaban J connectivity index is 1.71. The van der Waals surface area contributed by atoms with Crippen molar-refractivity contribution >= 4 is 23.6 Å². The molecule has 4 rings (SSSR count). The third-order valence-electron chi connectivity index (χ3n) is 7.11. The molecule has 0 aliphatic carbocycles. The highest BCUT2D eigenvalue weighted by Gasteiger charge is 2.41. The summed E-state index contributed by atoms with van der Waals surface area (Å²) >= 11 is 6.12. The molecule has 1 saturated heterocycles. The van der Waals surface area contributed by atoms with Crippen molar-refractivity contribution in [2.45, 2.75) is 90.3 Å². The Bertz CT molecular complexity index is 1320. The summed E-state index contributed by atoms with van der Waals surface area (Å²) in [5, 5.41) is 12.0. The lowest BCUT2D eigenvalue weighted by Crippen LogP contribution is -2.57. The average Bonchev–Trinajstić information content (AvgIpc) is 3.36. The van der Waals surface area contributed by atoms with Crippen LogP contribution in [-0.2, 0) is 24.5 Å². The van der Waals surface area contributed by atoms with Crippen LogP contribution in [0.15, 0.2) is 30.6 Å². The number of tetrazole rings is 1. The van der Waals surface area contributed by atoms with Gasteiger partial charge in [0.25, 0.3) is 0 Å². The molecule has 3 aromatic rings. The molecule has 0 unspecified atom stereocenters. The Kier molecular flexibility index (Phi) is 9.35.